The maximum atomic E-state index is 4.60. The molecule has 0 aliphatic carbocycles. The quantitative estimate of drug-likeness (QED) is 0.715. The Morgan fingerprint density at radius 2 is 2.12 bits per heavy atom. The number of hydrogen-bond acceptors (Lipinski definition) is 2. The highest BCUT2D eigenvalue weighted by Gasteiger charge is 2.06. The van der Waals surface area contributed by atoms with Gasteiger partial charge in [-0.25, -0.2) is 9.50 Å². The molecule has 3 rings (SSSR count). The molecule has 0 atom stereocenters. The van der Waals surface area contributed by atoms with Gasteiger partial charge in [-0.3, -0.25) is 5.10 Å². The van der Waals surface area contributed by atoms with E-state index in [9.17, 15) is 0 Å². The van der Waals surface area contributed by atoms with Crippen LogP contribution in [0.5, 0.6) is 0 Å². The zero-order valence-corrected chi connectivity index (χ0v) is 10.4. The summed E-state index contributed by atoms with van der Waals surface area (Å²) in [5.74, 6) is 1.06. The number of thioether (sulfide) groups is 1. The van der Waals surface area contributed by atoms with Crippen molar-refractivity contribution in [2.24, 2.45) is 0 Å². The first-order chi connectivity index (χ1) is 8.36. The van der Waals surface area contributed by atoms with E-state index in [-0.39, 0.29) is 0 Å². The van der Waals surface area contributed by atoms with Crippen molar-refractivity contribution in [3.63, 3.8) is 0 Å². The zero-order chi connectivity index (χ0) is 11.7. The Bertz CT molecular complexity index is 593. The molecule has 86 valence electrons. The van der Waals surface area contributed by atoms with E-state index in [2.05, 4.69) is 35.2 Å². The molecule has 3 nitrogen and oxygen atoms in total. The second kappa shape index (κ2) is 4.30. The maximum absolute atomic E-state index is 4.60. The molecule has 0 radical (unpaired) electrons. The number of fused-ring (bicyclic) bond motifs is 1. The third-order valence-electron chi connectivity index (χ3n) is 2.59. The monoisotopic (exact) mass is 243 g/mol. The van der Waals surface area contributed by atoms with Crippen LogP contribution in [-0.2, 0) is 0 Å². The lowest BCUT2D eigenvalue weighted by molar-refractivity contribution is 0.910. The molecule has 2 heterocycles. The van der Waals surface area contributed by atoms with Gasteiger partial charge in [-0.1, -0.05) is 37.3 Å². The number of nitrogens with zero attached hydrogens (tertiary/aromatic N) is 2. The largest absolute Gasteiger partial charge is 0.286 e. The van der Waals surface area contributed by atoms with E-state index in [4.69, 9.17) is 0 Å². The summed E-state index contributed by atoms with van der Waals surface area (Å²) in [6.45, 7) is 2.14. The molecule has 0 saturated carbocycles. The Labute approximate surface area is 104 Å². The SMILES string of the molecule is CCSc1cc2nc(-c3ccccc3)cn2[nH]1. The predicted octanol–water partition coefficient (Wildman–Crippen LogP) is 3.44. The van der Waals surface area contributed by atoms with Crippen LogP contribution in [0.4, 0.5) is 0 Å². The van der Waals surface area contributed by atoms with Crippen LogP contribution in [0.3, 0.4) is 0 Å². The van der Waals surface area contributed by atoms with Gasteiger partial charge in [0, 0.05) is 11.6 Å². The molecule has 0 bridgehead atoms. The number of hydrogen-bond donors (Lipinski definition) is 1. The van der Waals surface area contributed by atoms with Crippen molar-refractivity contribution < 1.29 is 0 Å². The number of aromatic nitrogens is 3. The normalized spacial score (nSPS) is 11.1. The van der Waals surface area contributed by atoms with Gasteiger partial charge >= 0.3 is 0 Å². The summed E-state index contributed by atoms with van der Waals surface area (Å²) in [7, 11) is 0. The molecular weight excluding hydrogens is 230 g/mol. The van der Waals surface area contributed by atoms with Gasteiger partial charge in [-0.15, -0.1) is 11.8 Å². The number of aromatic amines is 1. The van der Waals surface area contributed by atoms with Crippen LogP contribution in [0.1, 0.15) is 6.92 Å². The van der Waals surface area contributed by atoms with Crippen molar-refractivity contribution >= 4 is 17.4 Å². The van der Waals surface area contributed by atoms with Crippen LogP contribution in [0.2, 0.25) is 0 Å². The highest BCUT2D eigenvalue weighted by molar-refractivity contribution is 7.99. The van der Waals surface area contributed by atoms with E-state index >= 15 is 0 Å². The second-order valence-corrected chi connectivity index (χ2v) is 5.08. The van der Waals surface area contributed by atoms with Gasteiger partial charge in [0.1, 0.15) is 0 Å². The molecular formula is C13H13N3S. The van der Waals surface area contributed by atoms with Crippen molar-refractivity contribution in [2.75, 3.05) is 5.75 Å². The van der Waals surface area contributed by atoms with E-state index in [1.54, 1.807) is 11.8 Å². The van der Waals surface area contributed by atoms with Crippen molar-refractivity contribution in [1.82, 2.24) is 14.6 Å². The van der Waals surface area contributed by atoms with Gasteiger partial charge in [0.15, 0.2) is 5.65 Å². The minimum Gasteiger partial charge on any atom is -0.286 e. The van der Waals surface area contributed by atoms with Crippen molar-refractivity contribution in [2.45, 2.75) is 11.9 Å². The number of benzene rings is 1. The van der Waals surface area contributed by atoms with Crippen LogP contribution in [0.25, 0.3) is 16.9 Å². The summed E-state index contributed by atoms with van der Waals surface area (Å²) in [5.41, 5.74) is 3.12. The lowest BCUT2D eigenvalue weighted by atomic mass is 10.2. The molecule has 1 aromatic carbocycles. The smallest absolute Gasteiger partial charge is 0.154 e. The summed E-state index contributed by atoms with van der Waals surface area (Å²) in [5, 5.41) is 4.47. The molecule has 0 aliphatic rings. The standard InChI is InChI=1S/C13H13N3S/c1-2-17-13-8-12-14-11(9-16(12)15-13)10-6-4-3-5-7-10/h3-9,15H,2H2,1H3. The average molecular weight is 243 g/mol. The van der Waals surface area contributed by atoms with E-state index < -0.39 is 0 Å². The van der Waals surface area contributed by atoms with Crippen molar-refractivity contribution in [3.05, 3.63) is 42.6 Å². The number of imidazole rings is 1. The Balaban J connectivity index is 2.01. The maximum Gasteiger partial charge on any atom is 0.154 e. The lowest BCUT2D eigenvalue weighted by Gasteiger charge is -1.94. The number of H-pyrrole nitrogens is 1. The van der Waals surface area contributed by atoms with Gasteiger partial charge < -0.3 is 0 Å². The Kier molecular flexibility index (Phi) is 2.65. The summed E-state index contributed by atoms with van der Waals surface area (Å²) in [6, 6.07) is 12.3. The molecule has 0 fully saturated rings. The lowest BCUT2D eigenvalue weighted by Crippen LogP contribution is -1.80. The van der Waals surface area contributed by atoms with Gasteiger partial charge in [0.2, 0.25) is 0 Å². The third-order valence-corrected chi connectivity index (χ3v) is 3.40. The Hall–Kier alpha value is -1.68. The zero-order valence-electron chi connectivity index (χ0n) is 9.55. The summed E-state index contributed by atoms with van der Waals surface area (Å²) >= 11 is 1.79. The van der Waals surface area contributed by atoms with Crippen LogP contribution < -0.4 is 0 Å². The van der Waals surface area contributed by atoms with E-state index in [1.165, 1.54) is 0 Å². The molecule has 0 amide bonds. The highest BCUT2D eigenvalue weighted by atomic mass is 32.2. The summed E-state index contributed by atoms with van der Waals surface area (Å²) in [6.07, 6.45) is 2.03. The first-order valence-corrected chi connectivity index (χ1v) is 6.61. The van der Waals surface area contributed by atoms with Crippen LogP contribution in [0.15, 0.2) is 47.6 Å². The van der Waals surface area contributed by atoms with Crippen molar-refractivity contribution in [3.8, 4) is 11.3 Å². The molecule has 0 aliphatic heterocycles. The number of nitrogens with one attached hydrogen (secondary N) is 1. The average Bonchev–Trinajstić information content (AvgIpc) is 2.88. The highest BCUT2D eigenvalue weighted by Crippen LogP contribution is 2.22. The van der Waals surface area contributed by atoms with Gasteiger partial charge in [0.25, 0.3) is 0 Å². The Morgan fingerprint density at radius 1 is 1.29 bits per heavy atom. The topological polar surface area (TPSA) is 33.1 Å². The number of rotatable bonds is 3. The molecule has 0 spiro atoms. The molecule has 0 unspecified atom stereocenters. The van der Waals surface area contributed by atoms with E-state index in [0.29, 0.717) is 0 Å². The van der Waals surface area contributed by atoms with E-state index in [0.717, 1.165) is 27.7 Å². The van der Waals surface area contributed by atoms with E-state index in [1.807, 2.05) is 28.9 Å². The summed E-state index contributed by atoms with van der Waals surface area (Å²) in [4.78, 5) is 4.60. The third kappa shape index (κ3) is 1.96. The molecule has 2 aromatic heterocycles. The predicted molar refractivity (Wildman–Crippen MR) is 71.4 cm³/mol. The van der Waals surface area contributed by atoms with Crippen molar-refractivity contribution in [1.29, 1.82) is 0 Å². The fourth-order valence-corrected chi connectivity index (χ4v) is 2.49. The van der Waals surface area contributed by atoms with Crippen LogP contribution in [-0.4, -0.2) is 20.4 Å². The fourth-order valence-electron chi connectivity index (χ4n) is 1.83. The minimum atomic E-state index is 0.972. The minimum absolute atomic E-state index is 0.972. The van der Waals surface area contributed by atoms with Crippen LogP contribution >= 0.6 is 11.8 Å². The molecule has 1 N–H and O–H groups in total. The van der Waals surface area contributed by atoms with Gasteiger partial charge in [-0.2, -0.15) is 0 Å². The van der Waals surface area contributed by atoms with Crippen LogP contribution in [0, 0.1) is 0 Å². The molecule has 0 saturated heterocycles. The summed E-state index contributed by atoms with van der Waals surface area (Å²) < 4.78 is 1.97. The molecule has 4 heteroatoms. The first-order valence-electron chi connectivity index (χ1n) is 5.63. The van der Waals surface area contributed by atoms with Gasteiger partial charge in [-0.05, 0) is 5.75 Å². The Morgan fingerprint density at radius 3 is 2.82 bits per heavy atom. The van der Waals surface area contributed by atoms with Gasteiger partial charge in [0.05, 0.1) is 16.9 Å². The second-order valence-electron chi connectivity index (χ2n) is 3.77. The molecule has 17 heavy (non-hydrogen) atoms. The first kappa shape index (κ1) is 10.5. The molecule has 3 aromatic rings. The fraction of sp³-hybridized carbons (Fsp3) is 0.154.